The Bertz CT molecular complexity index is 2030. The van der Waals surface area contributed by atoms with Crippen molar-refractivity contribution in [2.75, 3.05) is 38.5 Å². The van der Waals surface area contributed by atoms with Gasteiger partial charge in [-0.25, -0.2) is 9.59 Å². The molecule has 63 heavy (non-hydrogen) atoms. The standard InChI is InChI=1S/C49H61N5O8S/c1-47(2,3)62-46(60)53-28-26-35(27-29-53)15-13-14-30-61-40-24-22-36(23-25-40)31-41(44(57)58)52-45(59)48(34-63,42(55)32-50)54(43(56)33-51)49(37-16-7-4-8-17-37,38-18-9-5-10-19-38)39-20-11-6-12-21-39/h4-12,16-25,35,41,63H,13-15,26-34,50-51H2,1-3H3,(H,52,59)(H,57,58). The molecule has 0 aliphatic carbocycles. The molecule has 4 aromatic carbocycles. The fourth-order valence-corrected chi connectivity index (χ4v) is 8.81. The number of piperidine rings is 1. The second-order valence-electron chi connectivity index (χ2n) is 16.9. The van der Waals surface area contributed by atoms with E-state index in [0.29, 0.717) is 53.6 Å². The van der Waals surface area contributed by atoms with Gasteiger partial charge in [0.25, 0.3) is 5.91 Å². The molecule has 1 saturated heterocycles. The lowest BCUT2D eigenvalue weighted by Gasteiger charge is -2.53. The number of nitrogens with two attached hydrogens (primary N) is 2. The zero-order valence-corrected chi connectivity index (χ0v) is 37.3. The summed E-state index contributed by atoms with van der Waals surface area (Å²) < 4.78 is 11.5. The Kier molecular flexibility index (Phi) is 16.9. The van der Waals surface area contributed by atoms with Crippen LogP contribution in [-0.4, -0.2) is 100 Å². The van der Waals surface area contributed by atoms with E-state index in [4.69, 9.17) is 20.9 Å². The predicted molar refractivity (Wildman–Crippen MR) is 245 cm³/mol. The van der Waals surface area contributed by atoms with Gasteiger partial charge < -0.3 is 41.2 Å². The highest BCUT2D eigenvalue weighted by Crippen LogP contribution is 2.47. The zero-order valence-electron chi connectivity index (χ0n) is 36.4. The van der Waals surface area contributed by atoms with Crippen LogP contribution in [0.25, 0.3) is 0 Å². The van der Waals surface area contributed by atoms with Crippen molar-refractivity contribution in [1.29, 1.82) is 0 Å². The van der Waals surface area contributed by atoms with Gasteiger partial charge in [0.1, 0.15) is 22.9 Å². The Morgan fingerprint density at radius 2 is 1.32 bits per heavy atom. The van der Waals surface area contributed by atoms with Gasteiger partial charge in [0.15, 0.2) is 11.3 Å². The largest absolute Gasteiger partial charge is 0.494 e. The van der Waals surface area contributed by atoms with Crippen molar-refractivity contribution in [2.45, 2.75) is 82.0 Å². The summed E-state index contributed by atoms with van der Waals surface area (Å²) in [7, 11) is 0. The van der Waals surface area contributed by atoms with Crippen LogP contribution in [0.4, 0.5) is 4.79 Å². The number of amides is 3. The minimum atomic E-state index is -2.46. The van der Waals surface area contributed by atoms with E-state index < -0.39 is 65.1 Å². The quantitative estimate of drug-likeness (QED) is 0.0306. The van der Waals surface area contributed by atoms with Crippen molar-refractivity contribution < 1.29 is 38.6 Å². The number of ketones is 1. The first-order valence-electron chi connectivity index (χ1n) is 21.5. The van der Waals surface area contributed by atoms with Crippen LogP contribution in [0.1, 0.15) is 75.1 Å². The van der Waals surface area contributed by atoms with E-state index in [1.54, 1.807) is 102 Å². The first-order chi connectivity index (χ1) is 30.2. The van der Waals surface area contributed by atoms with Gasteiger partial charge in [-0.2, -0.15) is 12.6 Å². The van der Waals surface area contributed by atoms with Crippen molar-refractivity contribution in [3.05, 3.63) is 138 Å². The van der Waals surface area contributed by atoms with Crippen LogP contribution in [0.5, 0.6) is 5.75 Å². The second-order valence-corrected chi connectivity index (χ2v) is 17.2. The number of carbonyl (C=O) groups is 5. The third kappa shape index (κ3) is 11.5. The summed E-state index contributed by atoms with van der Waals surface area (Å²) in [6.07, 6.45) is 4.35. The number of Topliss-reactive ketones (excluding diaryl/α,β-unsaturated/α-hetero) is 1. The molecule has 6 N–H and O–H groups in total. The Labute approximate surface area is 375 Å². The van der Waals surface area contributed by atoms with Gasteiger partial charge in [-0.1, -0.05) is 110 Å². The number of carboxylic acid groups (broad SMARTS) is 1. The highest BCUT2D eigenvalue weighted by atomic mass is 32.1. The molecule has 0 aromatic heterocycles. The summed E-state index contributed by atoms with van der Waals surface area (Å²) in [5.74, 6) is -3.47. The van der Waals surface area contributed by atoms with E-state index in [0.717, 1.165) is 37.0 Å². The summed E-state index contributed by atoms with van der Waals surface area (Å²) in [6.45, 7) is 6.21. The minimum Gasteiger partial charge on any atom is -0.494 e. The van der Waals surface area contributed by atoms with E-state index in [-0.39, 0.29) is 12.5 Å². The molecule has 0 saturated carbocycles. The zero-order chi connectivity index (χ0) is 45.6. The normalized spacial score (nSPS) is 14.8. The number of nitrogens with one attached hydrogen (secondary N) is 1. The topological polar surface area (TPSA) is 195 Å². The van der Waals surface area contributed by atoms with Gasteiger partial charge in [-0.3, -0.25) is 14.4 Å². The number of carboxylic acids is 1. The lowest BCUT2D eigenvalue weighted by molar-refractivity contribution is -0.159. The molecule has 4 aromatic rings. The molecule has 336 valence electrons. The molecule has 1 fully saturated rings. The maximum absolute atomic E-state index is 15.0. The predicted octanol–water partition coefficient (Wildman–Crippen LogP) is 5.97. The molecular weight excluding hydrogens is 819 g/mol. The highest BCUT2D eigenvalue weighted by Gasteiger charge is 2.60. The molecule has 2 unspecified atom stereocenters. The number of benzene rings is 4. The van der Waals surface area contributed by atoms with Crippen LogP contribution in [0.2, 0.25) is 0 Å². The lowest BCUT2D eigenvalue weighted by Crippen LogP contribution is -2.74. The summed E-state index contributed by atoms with van der Waals surface area (Å²) >= 11 is 4.60. The summed E-state index contributed by atoms with van der Waals surface area (Å²) in [4.78, 5) is 72.4. The first-order valence-corrected chi connectivity index (χ1v) is 22.1. The van der Waals surface area contributed by atoms with E-state index >= 15 is 4.79 Å². The maximum Gasteiger partial charge on any atom is 0.410 e. The minimum absolute atomic E-state index is 0.153. The number of nitrogens with zero attached hydrogens (tertiary/aromatic N) is 2. The number of ether oxygens (including phenoxy) is 2. The van der Waals surface area contributed by atoms with Crippen LogP contribution in [-0.2, 0) is 35.9 Å². The molecule has 0 radical (unpaired) electrons. The van der Waals surface area contributed by atoms with Crippen LogP contribution >= 0.6 is 12.6 Å². The number of hydrogen-bond acceptors (Lipinski definition) is 10. The summed E-state index contributed by atoms with van der Waals surface area (Å²) in [6, 6.07) is 32.3. The SMILES string of the molecule is CC(C)(C)OC(=O)N1CCC(CCCCOc2ccc(CC(NC(=O)C(CS)(C(=O)CN)N(C(=O)CN)C(c3ccccc3)(c3ccccc3)c3ccccc3)C(=O)O)cc2)CC1. The van der Waals surface area contributed by atoms with Crippen molar-refractivity contribution >= 4 is 42.3 Å². The Morgan fingerprint density at radius 3 is 1.76 bits per heavy atom. The van der Waals surface area contributed by atoms with Gasteiger partial charge in [0.05, 0.1) is 19.7 Å². The Balaban J connectivity index is 1.34. The van der Waals surface area contributed by atoms with Crippen LogP contribution in [0.3, 0.4) is 0 Å². The number of likely N-dealkylation sites (tertiary alicyclic amines) is 1. The maximum atomic E-state index is 15.0. The average molecular weight is 880 g/mol. The van der Waals surface area contributed by atoms with E-state index in [1.807, 2.05) is 39.0 Å². The Hall–Kier alpha value is -5.70. The lowest BCUT2D eigenvalue weighted by atomic mass is 9.72. The molecule has 3 amide bonds. The third-order valence-corrected chi connectivity index (χ3v) is 11.9. The molecule has 0 spiro atoms. The summed E-state index contributed by atoms with van der Waals surface area (Å²) in [5, 5.41) is 13.1. The van der Waals surface area contributed by atoms with Gasteiger partial charge in [0, 0.05) is 25.3 Å². The van der Waals surface area contributed by atoms with E-state index in [2.05, 4.69) is 17.9 Å². The molecule has 1 aliphatic heterocycles. The molecule has 0 bridgehead atoms. The van der Waals surface area contributed by atoms with Crippen molar-refractivity contribution in [3.63, 3.8) is 0 Å². The number of thiol groups is 1. The fraction of sp³-hybridized carbons (Fsp3) is 0.408. The molecule has 5 rings (SSSR count). The van der Waals surface area contributed by atoms with Crippen molar-refractivity contribution in [2.24, 2.45) is 17.4 Å². The monoisotopic (exact) mass is 879 g/mol. The molecule has 14 heteroatoms. The van der Waals surface area contributed by atoms with Gasteiger partial charge >= 0.3 is 12.1 Å². The van der Waals surface area contributed by atoms with Crippen LogP contribution in [0.15, 0.2) is 115 Å². The highest BCUT2D eigenvalue weighted by molar-refractivity contribution is 7.80. The number of aliphatic carboxylic acids is 1. The number of hydrogen-bond donors (Lipinski definition) is 5. The molecular formula is C49H61N5O8S. The number of unbranched alkanes of at least 4 members (excludes halogenated alkanes) is 1. The fourth-order valence-electron chi connectivity index (χ4n) is 8.35. The molecule has 1 heterocycles. The number of carbonyl (C=O) groups excluding carboxylic acids is 4. The number of rotatable bonds is 20. The van der Waals surface area contributed by atoms with Gasteiger partial charge in [-0.15, -0.1) is 0 Å². The molecule has 1 aliphatic rings. The van der Waals surface area contributed by atoms with Crippen molar-refractivity contribution in [3.8, 4) is 5.75 Å². The summed E-state index contributed by atoms with van der Waals surface area (Å²) in [5.41, 5.74) is 9.76. The Morgan fingerprint density at radius 1 is 0.794 bits per heavy atom. The average Bonchev–Trinajstić information content (AvgIpc) is 3.29. The molecule has 13 nitrogen and oxygen atoms in total. The van der Waals surface area contributed by atoms with E-state index in [9.17, 15) is 24.3 Å². The smallest absolute Gasteiger partial charge is 0.410 e. The molecule has 2 atom stereocenters. The third-order valence-electron chi connectivity index (χ3n) is 11.5. The first kappa shape index (κ1) is 48.3. The van der Waals surface area contributed by atoms with Crippen molar-refractivity contribution in [1.82, 2.24) is 15.1 Å². The van der Waals surface area contributed by atoms with Gasteiger partial charge in [0.2, 0.25) is 5.91 Å². The van der Waals surface area contributed by atoms with Crippen LogP contribution in [0, 0.1) is 5.92 Å². The second kappa shape index (κ2) is 22.1. The van der Waals surface area contributed by atoms with Gasteiger partial charge in [-0.05, 0) is 86.8 Å². The van der Waals surface area contributed by atoms with E-state index in [1.165, 1.54) is 0 Å². The van der Waals surface area contributed by atoms with Crippen LogP contribution < -0.4 is 21.5 Å².